The van der Waals surface area contributed by atoms with Crippen LogP contribution in [0.25, 0.3) is 15.9 Å². The molecule has 0 aliphatic carbocycles. The second-order valence-corrected chi connectivity index (χ2v) is 8.38. The van der Waals surface area contributed by atoms with E-state index in [1.807, 2.05) is 4.72 Å². The molecule has 0 amide bonds. The van der Waals surface area contributed by atoms with Gasteiger partial charge in [-0.25, -0.2) is 21.6 Å². The summed E-state index contributed by atoms with van der Waals surface area (Å²) in [6.45, 7) is 6.99. The predicted molar refractivity (Wildman–Crippen MR) is 113 cm³/mol. The zero-order valence-electron chi connectivity index (χ0n) is 16.4. The third kappa shape index (κ3) is 4.11. The van der Waals surface area contributed by atoms with E-state index in [2.05, 4.69) is 14.8 Å². The van der Waals surface area contributed by atoms with Crippen LogP contribution in [0.4, 0.5) is 24.7 Å². The number of sulfonamides is 1. The summed E-state index contributed by atoms with van der Waals surface area (Å²) in [5, 5.41) is 0. The van der Waals surface area contributed by atoms with Gasteiger partial charge in [-0.3, -0.25) is 14.5 Å². The number of aromatic nitrogens is 2. The Morgan fingerprint density at radius 3 is 2.39 bits per heavy atom. The molecule has 1 N–H and O–H groups in total. The fraction of sp³-hybridized carbons (Fsp3) is 0. The van der Waals surface area contributed by atoms with E-state index in [1.165, 1.54) is 42.6 Å². The second-order valence-electron chi connectivity index (χ2n) is 6.70. The van der Waals surface area contributed by atoms with E-state index in [4.69, 9.17) is 6.57 Å². The Bertz CT molecular complexity index is 1570. The van der Waals surface area contributed by atoms with Crippen LogP contribution in [0.5, 0.6) is 0 Å². The topological polar surface area (TPSA) is 93.4 Å². The van der Waals surface area contributed by atoms with Gasteiger partial charge in [-0.1, -0.05) is 24.8 Å². The normalized spacial score (nSPS) is 11.2. The Labute approximate surface area is 185 Å². The zero-order valence-corrected chi connectivity index (χ0v) is 17.2. The number of benzene rings is 3. The van der Waals surface area contributed by atoms with E-state index in [9.17, 15) is 22.0 Å². The number of carbonyl (C=O) groups is 1. The molecule has 0 bridgehead atoms. The average molecular weight is 468 g/mol. The quantitative estimate of drug-likeness (QED) is 0.262. The molecule has 0 fully saturated rings. The van der Waals surface area contributed by atoms with Crippen molar-refractivity contribution in [1.29, 1.82) is 0 Å². The van der Waals surface area contributed by atoms with Crippen LogP contribution >= 0.6 is 0 Å². The van der Waals surface area contributed by atoms with Gasteiger partial charge in [0.15, 0.2) is 28.8 Å². The molecular formula is C22H11F3N4O3S. The van der Waals surface area contributed by atoms with Crippen molar-refractivity contribution in [2.24, 2.45) is 0 Å². The Balaban J connectivity index is 1.80. The second kappa shape index (κ2) is 8.33. The Morgan fingerprint density at radius 2 is 1.70 bits per heavy atom. The van der Waals surface area contributed by atoms with Crippen LogP contribution < -0.4 is 4.72 Å². The summed E-state index contributed by atoms with van der Waals surface area (Å²) in [7, 11) is -4.35. The van der Waals surface area contributed by atoms with Crippen molar-refractivity contribution in [2.75, 3.05) is 4.72 Å². The number of hydrogen-bond donors (Lipinski definition) is 1. The van der Waals surface area contributed by atoms with Gasteiger partial charge in [-0.2, -0.15) is 0 Å². The smallest absolute Gasteiger partial charge is 0.288 e. The summed E-state index contributed by atoms with van der Waals surface area (Å²) in [5.74, 6) is -6.29. The minimum Gasteiger partial charge on any atom is -0.359 e. The predicted octanol–water partition coefficient (Wildman–Crippen LogP) is 4.63. The molecule has 0 spiro atoms. The first-order valence-corrected chi connectivity index (χ1v) is 10.6. The molecule has 1 heterocycles. The van der Waals surface area contributed by atoms with E-state index >= 15 is 4.39 Å². The zero-order chi connectivity index (χ0) is 23.8. The molecule has 0 atom stereocenters. The number of rotatable bonds is 5. The summed E-state index contributed by atoms with van der Waals surface area (Å²) in [4.78, 5) is 23.7. The highest BCUT2D eigenvalue weighted by Gasteiger charge is 2.28. The van der Waals surface area contributed by atoms with Crippen LogP contribution in [-0.4, -0.2) is 24.2 Å². The number of carbonyl (C=O) groups excluding carboxylic acids is 1. The number of halogens is 3. The lowest BCUT2D eigenvalue weighted by Gasteiger charge is -2.13. The van der Waals surface area contributed by atoms with Crippen molar-refractivity contribution >= 4 is 38.3 Å². The fourth-order valence-electron chi connectivity index (χ4n) is 3.02. The largest absolute Gasteiger partial charge is 0.359 e. The summed E-state index contributed by atoms with van der Waals surface area (Å²) < 4.78 is 70.7. The Morgan fingerprint density at radius 1 is 0.970 bits per heavy atom. The van der Waals surface area contributed by atoms with Crippen LogP contribution in [0.2, 0.25) is 0 Å². The molecule has 0 unspecified atom stereocenters. The lowest BCUT2D eigenvalue weighted by atomic mass is 10.0. The third-order valence-electron chi connectivity index (χ3n) is 4.59. The number of nitrogens with zero attached hydrogens (tertiary/aromatic N) is 3. The molecule has 3 aromatic carbocycles. The number of ketones is 1. The van der Waals surface area contributed by atoms with Crippen molar-refractivity contribution in [3.63, 3.8) is 0 Å². The molecule has 0 aliphatic rings. The maximum absolute atomic E-state index is 15.1. The van der Waals surface area contributed by atoms with Gasteiger partial charge < -0.3 is 4.85 Å². The van der Waals surface area contributed by atoms with E-state index in [-0.39, 0.29) is 21.8 Å². The standard InChI is InChI=1S/C22H11F3N4O3S/c1-26-18-11-27-15-8-7-12(9-16(15)28-18)22(30)19-20(24)14(23)10-17(21(19)25)29-33(31,32)13-5-3-2-4-6-13/h2-11,29H. The van der Waals surface area contributed by atoms with Crippen LogP contribution in [0.3, 0.4) is 0 Å². The van der Waals surface area contributed by atoms with E-state index in [0.29, 0.717) is 11.6 Å². The van der Waals surface area contributed by atoms with Gasteiger partial charge in [0.25, 0.3) is 15.8 Å². The summed E-state index contributed by atoms with van der Waals surface area (Å²) in [6.07, 6.45) is 1.22. The minimum atomic E-state index is -4.35. The first-order chi connectivity index (χ1) is 15.7. The lowest BCUT2D eigenvalue weighted by Crippen LogP contribution is -2.17. The van der Waals surface area contributed by atoms with Crippen molar-refractivity contribution in [2.45, 2.75) is 4.90 Å². The molecule has 0 saturated heterocycles. The van der Waals surface area contributed by atoms with E-state index in [1.54, 1.807) is 6.07 Å². The maximum Gasteiger partial charge on any atom is 0.288 e. The van der Waals surface area contributed by atoms with E-state index in [0.717, 1.165) is 6.07 Å². The van der Waals surface area contributed by atoms with Gasteiger partial charge in [0.1, 0.15) is 5.52 Å². The first-order valence-electron chi connectivity index (χ1n) is 9.15. The molecule has 0 saturated carbocycles. The van der Waals surface area contributed by atoms with Crippen molar-refractivity contribution in [3.05, 3.63) is 101 Å². The molecule has 164 valence electrons. The highest BCUT2D eigenvalue weighted by Crippen LogP contribution is 2.29. The molecule has 0 radical (unpaired) electrons. The molecule has 7 nitrogen and oxygen atoms in total. The van der Waals surface area contributed by atoms with Gasteiger partial charge in [-0.15, -0.1) is 4.98 Å². The van der Waals surface area contributed by atoms with Crippen LogP contribution in [0.1, 0.15) is 15.9 Å². The van der Waals surface area contributed by atoms with Crippen LogP contribution in [0.15, 0.2) is 65.7 Å². The SMILES string of the molecule is [C-]#[N+]c1cnc2ccc(C(=O)c3c(F)c(F)cc(NS(=O)(=O)c4ccccc4)c3F)cc2n1. The maximum atomic E-state index is 15.1. The molecule has 11 heteroatoms. The lowest BCUT2D eigenvalue weighted by molar-refractivity contribution is 0.103. The fourth-order valence-corrected chi connectivity index (χ4v) is 4.09. The Hall–Kier alpha value is -4.30. The Kier molecular flexibility index (Phi) is 5.53. The molecule has 0 aliphatic heterocycles. The van der Waals surface area contributed by atoms with E-state index < -0.39 is 44.5 Å². The molecule has 4 rings (SSSR count). The number of hydrogen-bond acceptors (Lipinski definition) is 5. The highest BCUT2D eigenvalue weighted by atomic mass is 32.2. The number of nitrogens with one attached hydrogen (secondary N) is 1. The minimum absolute atomic E-state index is 0.0622. The van der Waals surface area contributed by atoms with Crippen molar-refractivity contribution in [3.8, 4) is 0 Å². The van der Waals surface area contributed by atoms with Crippen molar-refractivity contribution in [1.82, 2.24) is 9.97 Å². The van der Waals surface area contributed by atoms with Gasteiger partial charge in [0, 0.05) is 17.7 Å². The molecule has 33 heavy (non-hydrogen) atoms. The molecular weight excluding hydrogens is 457 g/mol. The number of anilines is 1. The summed E-state index contributed by atoms with van der Waals surface area (Å²) in [6, 6.07) is 10.9. The third-order valence-corrected chi connectivity index (χ3v) is 5.97. The molecule has 1 aromatic heterocycles. The highest BCUT2D eigenvalue weighted by molar-refractivity contribution is 7.92. The van der Waals surface area contributed by atoms with Crippen LogP contribution in [-0.2, 0) is 10.0 Å². The monoisotopic (exact) mass is 468 g/mol. The van der Waals surface area contributed by atoms with Gasteiger partial charge in [0.05, 0.1) is 22.3 Å². The van der Waals surface area contributed by atoms with Gasteiger partial charge in [-0.05, 0) is 24.3 Å². The number of fused-ring (bicyclic) bond motifs is 1. The average Bonchev–Trinajstić information content (AvgIpc) is 2.82. The van der Waals surface area contributed by atoms with Gasteiger partial charge in [0.2, 0.25) is 0 Å². The van der Waals surface area contributed by atoms with Crippen molar-refractivity contribution < 1.29 is 26.4 Å². The summed E-state index contributed by atoms with van der Waals surface area (Å²) >= 11 is 0. The van der Waals surface area contributed by atoms with Crippen LogP contribution in [0, 0.1) is 24.0 Å². The molecule has 4 aromatic rings. The summed E-state index contributed by atoms with van der Waals surface area (Å²) in [5.41, 5.74) is -2.06. The van der Waals surface area contributed by atoms with Gasteiger partial charge >= 0.3 is 0 Å². The first kappa shape index (κ1) is 21.9.